The quantitative estimate of drug-likeness (QED) is 0.894. The van der Waals surface area contributed by atoms with E-state index in [-0.39, 0.29) is 6.10 Å². The van der Waals surface area contributed by atoms with Gasteiger partial charge < -0.3 is 15.0 Å². The lowest BCUT2D eigenvalue weighted by molar-refractivity contribution is 0.213. The van der Waals surface area contributed by atoms with E-state index >= 15 is 0 Å². The van der Waals surface area contributed by atoms with Crippen molar-refractivity contribution in [1.82, 2.24) is 15.3 Å². The van der Waals surface area contributed by atoms with Gasteiger partial charge in [0, 0.05) is 37.2 Å². The van der Waals surface area contributed by atoms with Crippen molar-refractivity contribution in [3.63, 3.8) is 0 Å². The molecule has 1 unspecified atom stereocenters. The van der Waals surface area contributed by atoms with Crippen LogP contribution in [0.3, 0.4) is 0 Å². The third-order valence-electron chi connectivity index (χ3n) is 3.44. The molecule has 3 heterocycles. The van der Waals surface area contributed by atoms with Crippen molar-refractivity contribution < 1.29 is 4.74 Å². The molecule has 19 heavy (non-hydrogen) atoms. The SMILES string of the molecule is Cc1nc(OC2CCNC2)cc(N2CCSCC2)n1. The smallest absolute Gasteiger partial charge is 0.219 e. The van der Waals surface area contributed by atoms with Gasteiger partial charge in [-0.1, -0.05) is 0 Å². The second kappa shape index (κ2) is 5.96. The van der Waals surface area contributed by atoms with E-state index in [4.69, 9.17) is 4.74 Å². The molecular weight excluding hydrogens is 260 g/mol. The van der Waals surface area contributed by atoms with Crippen molar-refractivity contribution in [2.24, 2.45) is 0 Å². The van der Waals surface area contributed by atoms with Crippen LogP contribution >= 0.6 is 11.8 Å². The number of nitrogens with one attached hydrogen (secondary N) is 1. The summed E-state index contributed by atoms with van der Waals surface area (Å²) in [7, 11) is 0. The summed E-state index contributed by atoms with van der Waals surface area (Å²) >= 11 is 2.00. The summed E-state index contributed by atoms with van der Waals surface area (Å²) in [5.41, 5.74) is 0. The van der Waals surface area contributed by atoms with Gasteiger partial charge >= 0.3 is 0 Å². The Morgan fingerprint density at radius 3 is 2.95 bits per heavy atom. The van der Waals surface area contributed by atoms with Crippen molar-refractivity contribution in [1.29, 1.82) is 0 Å². The number of rotatable bonds is 3. The Kier molecular flexibility index (Phi) is 4.08. The zero-order valence-corrected chi connectivity index (χ0v) is 12.1. The van der Waals surface area contributed by atoms with Crippen molar-refractivity contribution in [2.75, 3.05) is 42.6 Å². The fourth-order valence-electron chi connectivity index (χ4n) is 2.44. The highest BCUT2D eigenvalue weighted by molar-refractivity contribution is 7.99. The standard InChI is InChI=1S/C13H20N4OS/c1-10-15-12(17-4-6-19-7-5-17)8-13(16-10)18-11-2-3-14-9-11/h8,11,14H,2-7,9H2,1H3. The van der Waals surface area contributed by atoms with Gasteiger partial charge in [-0.25, -0.2) is 4.98 Å². The van der Waals surface area contributed by atoms with Crippen LogP contribution in [0.15, 0.2) is 6.07 Å². The summed E-state index contributed by atoms with van der Waals surface area (Å²) in [6, 6.07) is 1.99. The molecule has 1 atom stereocenters. The Labute approximate surface area is 118 Å². The van der Waals surface area contributed by atoms with Gasteiger partial charge in [-0.15, -0.1) is 0 Å². The minimum Gasteiger partial charge on any atom is -0.473 e. The van der Waals surface area contributed by atoms with Crippen LogP contribution in [0.1, 0.15) is 12.2 Å². The van der Waals surface area contributed by atoms with Gasteiger partial charge in [0.05, 0.1) is 0 Å². The Morgan fingerprint density at radius 1 is 1.37 bits per heavy atom. The van der Waals surface area contributed by atoms with Crippen molar-refractivity contribution >= 4 is 17.6 Å². The first-order valence-electron chi connectivity index (χ1n) is 6.87. The third-order valence-corrected chi connectivity index (χ3v) is 4.38. The van der Waals surface area contributed by atoms with E-state index in [1.165, 1.54) is 11.5 Å². The molecule has 1 aromatic heterocycles. The summed E-state index contributed by atoms with van der Waals surface area (Å²) in [4.78, 5) is 11.3. The first-order chi connectivity index (χ1) is 9.31. The van der Waals surface area contributed by atoms with Crippen LogP contribution in [-0.2, 0) is 0 Å². The van der Waals surface area contributed by atoms with E-state index in [2.05, 4.69) is 20.2 Å². The fraction of sp³-hybridized carbons (Fsp3) is 0.692. The number of anilines is 1. The molecule has 0 aromatic carbocycles. The highest BCUT2D eigenvalue weighted by Gasteiger charge is 2.19. The predicted octanol–water partition coefficient (Wildman–Crippen LogP) is 1.08. The molecule has 0 aliphatic carbocycles. The van der Waals surface area contributed by atoms with Gasteiger partial charge in [-0.05, 0) is 19.9 Å². The molecule has 2 aliphatic rings. The number of aromatic nitrogens is 2. The Balaban J connectivity index is 1.74. The highest BCUT2D eigenvalue weighted by Crippen LogP contribution is 2.22. The normalized spacial score (nSPS) is 23.6. The summed E-state index contributed by atoms with van der Waals surface area (Å²) in [5, 5.41) is 3.30. The number of nitrogens with zero attached hydrogens (tertiary/aromatic N) is 3. The van der Waals surface area contributed by atoms with Crippen LogP contribution in [0, 0.1) is 6.92 Å². The second-order valence-electron chi connectivity index (χ2n) is 4.94. The topological polar surface area (TPSA) is 50.3 Å². The average Bonchev–Trinajstić information content (AvgIpc) is 2.92. The fourth-order valence-corrected chi connectivity index (χ4v) is 3.34. The van der Waals surface area contributed by atoms with Crippen LogP contribution in [0.4, 0.5) is 5.82 Å². The van der Waals surface area contributed by atoms with Gasteiger partial charge in [0.2, 0.25) is 5.88 Å². The molecule has 1 aromatic rings. The lowest BCUT2D eigenvalue weighted by Crippen LogP contribution is -2.33. The number of hydrogen-bond acceptors (Lipinski definition) is 6. The molecule has 0 radical (unpaired) electrons. The van der Waals surface area contributed by atoms with Crippen molar-refractivity contribution in [2.45, 2.75) is 19.4 Å². The van der Waals surface area contributed by atoms with E-state index < -0.39 is 0 Å². The van der Waals surface area contributed by atoms with Gasteiger partial charge in [0.25, 0.3) is 0 Å². The summed E-state index contributed by atoms with van der Waals surface area (Å²) in [6.45, 7) is 6.00. The average molecular weight is 280 g/mol. The first kappa shape index (κ1) is 13.0. The Hall–Kier alpha value is -1.01. The van der Waals surface area contributed by atoms with Crippen LogP contribution in [0.2, 0.25) is 0 Å². The van der Waals surface area contributed by atoms with Gasteiger partial charge in [0.15, 0.2) is 0 Å². The largest absolute Gasteiger partial charge is 0.473 e. The molecule has 0 saturated carbocycles. The van der Waals surface area contributed by atoms with Crippen LogP contribution in [0.25, 0.3) is 0 Å². The summed E-state index contributed by atoms with van der Waals surface area (Å²) in [5.74, 6) is 4.86. The molecule has 104 valence electrons. The minimum atomic E-state index is 0.249. The number of aryl methyl sites for hydroxylation is 1. The Morgan fingerprint density at radius 2 is 2.21 bits per heavy atom. The second-order valence-corrected chi connectivity index (χ2v) is 6.17. The van der Waals surface area contributed by atoms with Crippen molar-refractivity contribution in [3.05, 3.63) is 11.9 Å². The number of hydrogen-bond donors (Lipinski definition) is 1. The number of thioether (sulfide) groups is 1. The summed E-state index contributed by atoms with van der Waals surface area (Å²) in [6.07, 6.45) is 1.30. The molecule has 5 nitrogen and oxygen atoms in total. The monoisotopic (exact) mass is 280 g/mol. The van der Waals surface area contributed by atoms with E-state index in [9.17, 15) is 0 Å². The van der Waals surface area contributed by atoms with Crippen molar-refractivity contribution in [3.8, 4) is 5.88 Å². The predicted molar refractivity (Wildman–Crippen MR) is 78.2 cm³/mol. The van der Waals surface area contributed by atoms with E-state index in [0.717, 1.165) is 50.1 Å². The molecular formula is C13H20N4OS. The first-order valence-corrected chi connectivity index (χ1v) is 8.02. The van der Waals surface area contributed by atoms with Gasteiger partial charge in [-0.2, -0.15) is 16.7 Å². The maximum absolute atomic E-state index is 5.94. The minimum absolute atomic E-state index is 0.249. The molecule has 2 fully saturated rings. The highest BCUT2D eigenvalue weighted by atomic mass is 32.2. The van der Waals surface area contributed by atoms with E-state index in [1.807, 2.05) is 24.8 Å². The lowest BCUT2D eigenvalue weighted by Gasteiger charge is -2.27. The third kappa shape index (κ3) is 3.30. The zero-order valence-electron chi connectivity index (χ0n) is 11.3. The summed E-state index contributed by atoms with van der Waals surface area (Å²) < 4.78 is 5.94. The zero-order chi connectivity index (χ0) is 13.1. The molecule has 1 N–H and O–H groups in total. The molecule has 0 amide bonds. The molecule has 0 spiro atoms. The number of ether oxygens (including phenoxy) is 1. The molecule has 2 saturated heterocycles. The van der Waals surface area contributed by atoms with E-state index in [1.54, 1.807) is 0 Å². The lowest BCUT2D eigenvalue weighted by atomic mass is 10.3. The van der Waals surface area contributed by atoms with Gasteiger partial charge in [0.1, 0.15) is 17.7 Å². The molecule has 3 rings (SSSR count). The van der Waals surface area contributed by atoms with E-state index in [0.29, 0.717) is 0 Å². The van der Waals surface area contributed by atoms with Crippen LogP contribution in [-0.4, -0.2) is 53.8 Å². The Bertz CT molecular complexity index is 431. The van der Waals surface area contributed by atoms with Crippen LogP contribution < -0.4 is 15.0 Å². The molecule has 6 heteroatoms. The maximum atomic E-state index is 5.94. The molecule has 2 aliphatic heterocycles. The maximum Gasteiger partial charge on any atom is 0.219 e. The van der Waals surface area contributed by atoms with Crippen LogP contribution in [0.5, 0.6) is 5.88 Å². The molecule has 0 bridgehead atoms. The van der Waals surface area contributed by atoms with Gasteiger partial charge in [-0.3, -0.25) is 0 Å².